The molecule has 34 heavy (non-hydrogen) atoms. The summed E-state index contributed by atoms with van der Waals surface area (Å²) in [7, 11) is 0. The molecule has 0 aromatic carbocycles. The van der Waals surface area contributed by atoms with Gasteiger partial charge < -0.3 is 10.2 Å². The smallest absolute Gasteiger partial charge is 0.330 e. The summed E-state index contributed by atoms with van der Waals surface area (Å²) in [5.74, 6) is -0.748. The Morgan fingerprint density at radius 3 is 2.38 bits per heavy atom. The van der Waals surface area contributed by atoms with Gasteiger partial charge in [-0.3, -0.25) is 4.79 Å². The lowest BCUT2D eigenvalue weighted by Gasteiger charge is -2.59. The van der Waals surface area contributed by atoms with Gasteiger partial charge in [0.1, 0.15) is 0 Å². The maximum absolute atomic E-state index is 11.5. The Hall–Kier alpha value is -2.10. The van der Waals surface area contributed by atoms with Crippen molar-refractivity contribution in [3.05, 3.63) is 46.6 Å². The van der Waals surface area contributed by atoms with Crippen LogP contribution in [0.4, 0.5) is 0 Å². The second-order valence-electron chi connectivity index (χ2n) is 11.9. The number of carbonyl (C=O) groups is 2. The number of allylic oxidation sites excluding steroid dienone is 6. The fraction of sp³-hybridized carbons (Fsp3) is 0.667. The molecule has 0 saturated heterocycles. The van der Waals surface area contributed by atoms with Gasteiger partial charge in [0.2, 0.25) is 0 Å². The van der Waals surface area contributed by atoms with Crippen molar-refractivity contribution in [3.63, 3.8) is 0 Å². The molecule has 0 aliphatic heterocycles. The minimum atomic E-state index is -0.841. The van der Waals surface area contributed by atoms with E-state index in [0.29, 0.717) is 23.8 Å². The average Bonchev–Trinajstić information content (AvgIpc) is 3.03. The van der Waals surface area contributed by atoms with Crippen LogP contribution in [0.25, 0.3) is 0 Å². The highest BCUT2D eigenvalue weighted by molar-refractivity contribution is 5.85. The van der Waals surface area contributed by atoms with E-state index in [-0.39, 0.29) is 22.7 Å². The molecule has 0 amide bonds. The summed E-state index contributed by atoms with van der Waals surface area (Å²) in [6.07, 6.45) is 12.4. The first kappa shape index (κ1) is 26.5. The highest BCUT2D eigenvalue weighted by Gasteiger charge is 2.61. The highest BCUT2D eigenvalue weighted by Crippen LogP contribution is 2.70. The fourth-order valence-electron chi connectivity index (χ4n) is 7.86. The molecule has 3 rings (SSSR count). The van der Waals surface area contributed by atoms with Crippen LogP contribution in [0, 0.1) is 28.1 Å². The van der Waals surface area contributed by atoms with Crippen LogP contribution in [0.15, 0.2) is 46.6 Å². The van der Waals surface area contributed by atoms with E-state index in [1.54, 1.807) is 12.5 Å². The molecule has 5 atom stereocenters. The van der Waals surface area contributed by atoms with Crippen molar-refractivity contribution in [2.24, 2.45) is 28.1 Å². The van der Waals surface area contributed by atoms with Crippen LogP contribution < -0.4 is 0 Å². The van der Waals surface area contributed by atoms with Gasteiger partial charge in [0.25, 0.3) is 0 Å². The molecule has 4 nitrogen and oxygen atoms in total. The zero-order chi connectivity index (χ0) is 25.5. The molecule has 2 N–H and O–H groups in total. The van der Waals surface area contributed by atoms with E-state index in [2.05, 4.69) is 47.3 Å². The molecular formula is C30H44O4. The van der Waals surface area contributed by atoms with Crippen LogP contribution in [0.2, 0.25) is 0 Å². The molecule has 188 valence electrons. The summed E-state index contributed by atoms with van der Waals surface area (Å²) in [6.45, 7) is 17.5. The van der Waals surface area contributed by atoms with Gasteiger partial charge >= 0.3 is 11.9 Å². The molecule has 2 saturated carbocycles. The molecule has 0 unspecified atom stereocenters. The lowest BCUT2D eigenvalue weighted by atomic mass is 9.45. The topological polar surface area (TPSA) is 74.6 Å². The Bertz CT molecular complexity index is 966. The lowest BCUT2D eigenvalue weighted by molar-refractivity contribution is -0.138. The van der Waals surface area contributed by atoms with Crippen molar-refractivity contribution < 1.29 is 19.8 Å². The Morgan fingerprint density at radius 2 is 1.79 bits per heavy atom. The van der Waals surface area contributed by atoms with E-state index in [1.165, 1.54) is 16.7 Å². The van der Waals surface area contributed by atoms with Gasteiger partial charge in [0.05, 0.1) is 0 Å². The molecule has 0 radical (unpaired) electrons. The molecule has 3 aliphatic carbocycles. The number of rotatable bonds is 8. The van der Waals surface area contributed by atoms with Gasteiger partial charge in [-0.15, -0.1) is 0 Å². The van der Waals surface area contributed by atoms with Crippen LogP contribution >= 0.6 is 0 Å². The van der Waals surface area contributed by atoms with Gasteiger partial charge in [0.15, 0.2) is 0 Å². The van der Waals surface area contributed by atoms with Crippen molar-refractivity contribution in [3.8, 4) is 0 Å². The Labute approximate surface area is 205 Å². The van der Waals surface area contributed by atoms with E-state index in [4.69, 9.17) is 5.11 Å². The van der Waals surface area contributed by atoms with Gasteiger partial charge in [-0.2, -0.15) is 0 Å². The van der Waals surface area contributed by atoms with E-state index in [0.717, 1.165) is 44.9 Å². The number of hydrogen-bond donors (Lipinski definition) is 2. The molecule has 4 heteroatoms. The first-order valence-corrected chi connectivity index (χ1v) is 12.9. The molecular weight excluding hydrogens is 424 g/mol. The fourth-order valence-corrected chi connectivity index (χ4v) is 7.86. The van der Waals surface area contributed by atoms with Gasteiger partial charge in [-0.05, 0) is 100 Å². The van der Waals surface area contributed by atoms with Gasteiger partial charge in [0, 0.05) is 12.0 Å². The summed E-state index contributed by atoms with van der Waals surface area (Å²) in [5.41, 5.74) is 6.19. The van der Waals surface area contributed by atoms with Crippen molar-refractivity contribution in [1.29, 1.82) is 0 Å². The number of aliphatic carboxylic acids is 2. The number of fused-ring (bicyclic) bond motifs is 3. The van der Waals surface area contributed by atoms with E-state index in [1.807, 2.05) is 6.08 Å². The number of carboxylic acids is 2. The molecule has 2 fully saturated rings. The zero-order valence-electron chi connectivity index (χ0n) is 22.1. The lowest BCUT2D eigenvalue weighted by Crippen LogP contribution is -2.50. The van der Waals surface area contributed by atoms with E-state index >= 15 is 0 Å². The van der Waals surface area contributed by atoms with Crippen molar-refractivity contribution in [2.75, 3.05) is 0 Å². The largest absolute Gasteiger partial charge is 0.481 e. The Balaban J connectivity index is 1.96. The third-order valence-electron chi connectivity index (χ3n) is 10.1. The average molecular weight is 469 g/mol. The maximum Gasteiger partial charge on any atom is 0.330 e. The molecule has 0 heterocycles. The summed E-state index contributed by atoms with van der Waals surface area (Å²) in [5, 5.41) is 18.6. The summed E-state index contributed by atoms with van der Waals surface area (Å²) in [4.78, 5) is 22.6. The minimum Gasteiger partial charge on any atom is -0.481 e. The van der Waals surface area contributed by atoms with Crippen molar-refractivity contribution in [1.82, 2.24) is 0 Å². The second-order valence-corrected chi connectivity index (χ2v) is 11.9. The molecule has 0 bridgehead atoms. The van der Waals surface area contributed by atoms with Crippen LogP contribution in [0.5, 0.6) is 0 Å². The standard InChI is InChI=1S/C30H44O4/c1-19(2)22-11-12-25-24(28(22,5)16-15-26(31)32)14-18-29(6)23(13-17-30(25,29)7)20(3)9-8-10-21(4)27(33)34/h10,14,22,25H,1,8-9,11-13,15-18H2,2-7H3,(H,31,32)(H,33,34)/b21-10-,23-20?/t22-,25+,28-,29+,30-/m0/s1. The predicted molar refractivity (Wildman–Crippen MR) is 137 cm³/mol. The first-order chi connectivity index (χ1) is 15.8. The minimum absolute atomic E-state index is 0.0978. The normalized spacial score (nSPS) is 36.9. The van der Waals surface area contributed by atoms with Gasteiger partial charge in [-0.1, -0.05) is 61.8 Å². The van der Waals surface area contributed by atoms with E-state index in [9.17, 15) is 14.7 Å². The monoisotopic (exact) mass is 468 g/mol. The summed E-state index contributed by atoms with van der Waals surface area (Å²) in [6, 6.07) is 0. The molecule has 0 aromatic heterocycles. The van der Waals surface area contributed by atoms with Crippen LogP contribution in [0.3, 0.4) is 0 Å². The second kappa shape index (κ2) is 9.51. The third kappa shape index (κ3) is 4.33. The Kier molecular flexibility index (Phi) is 7.41. The van der Waals surface area contributed by atoms with Crippen LogP contribution in [0.1, 0.15) is 99.3 Å². The van der Waals surface area contributed by atoms with Crippen molar-refractivity contribution in [2.45, 2.75) is 99.3 Å². The predicted octanol–water partition coefficient (Wildman–Crippen LogP) is 7.72. The molecule has 0 aromatic rings. The molecule has 0 spiro atoms. The number of carboxylic acid groups (broad SMARTS) is 2. The maximum atomic E-state index is 11.5. The van der Waals surface area contributed by atoms with Crippen molar-refractivity contribution >= 4 is 11.9 Å². The highest BCUT2D eigenvalue weighted by atomic mass is 16.4. The van der Waals surface area contributed by atoms with Gasteiger partial charge in [-0.25, -0.2) is 4.79 Å². The van der Waals surface area contributed by atoms with Crippen LogP contribution in [-0.2, 0) is 9.59 Å². The third-order valence-corrected chi connectivity index (χ3v) is 10.1. The molecule has 3 aliphatic rings. The summed E-state index contributed by atoms with van der Waals surface area (Å²) < 4.78 is 0. The quantitative estimate of drug-likeness (QED) is 0.282. The van der Waals surface area contributed by atoms with Crippen LogP contribution in [-0.4, -0.2) is 22.2 Å². The Morgan fingerprint density at radius 1 is 1.12 bits per heavy atom. The SMILES string of the molecule is C=C(C)[C@@H]1CC[C@@H]2C(=CC[C@]3(C)C(=C(C)CC/C=C(/C)C(=O)O)CC[C@@]23C)[C@@]1(C)CCC(=O)O. The first-order valence-electron chi connectivity index (χ1n) is 12.9. The summed E-state index contributed by atoms with van der Waals surface area (Å²) >= 11 is 0. The number of hydrogen-bond acceptors (Lipinski definition) is 2. The zero-order valence-corrected chi connectivity index (χ0v) is 22.1. The van der Waals surface area contributed by atoms with E-state index < -0.39 is 11.9 Å².